The van der Waals surface area contributed by atoms with Crippen LogP contribution in [0.1, 0.15) is 38.4 Å². The third-order valence-corrected chi connectivity index (χ3v) is 6.95. The summed E-state index contributed by atoms with van der Waals surface area (Å²) < 4.78 is 11.9. The number of hydrogen-bond donors (Lipinski definition) is 4. The Hall–Kier alpha value is -4.82. The zero-order valence-corrected chi connectivity index (χ0v) is 23.9. The van der Waals surface area contributed by atoms with E-state index in [1.807, 2.05) is 74.5 Å². The molecule has 0 radical (unpaired) electrons. The molecule has 4 aromatic rings. The Morgan fingerprint density at radius 2 is 1.60 bits per heavy atom. The molecular weight excluding hydrogens is 530 g/mol. The molecule has 0 unspecified atom stereocenters. The van der Waals surface area contributed by atoms with Gasteiger partial charge in [-0.1, -0.05) is 86.7 Å². The van der Waals surface area contributed by atoms with Gasteiger partial charge in [-0.2, -0.15) is 0 Å². The minimum absolute atomic E-state index is 0.107. The first-order valence-corrected chi connectivity index (χ1v) is 13.9. The molecule has 8 nitrogen and oxygen atoms in total. The van der Waals surface area contributed by atoms with Crippen molar-refractivity contribution in [3.8, 4) is 5.75 Å². The molecule has 0 saturated carbocycles. The number of benzene rings is 4. The largest absolute Gasteiger partial charge is 0.491 e. The summed E-state index contributed by atoms with van der Waals surface area (Å²) in [5.41, 5.74) is 7.72. The fourth-order valence-electron chi connectivity index (χ4n) is 4.77. The van der Waals surface area contributed by atoms with E-state index < -0.39 is 17.6 Å². The van der Waals surface area contributed by atoms with Gasteiger partial charge in [-0.05, 0) is 48.6 Å². The first-order valence-electron chi connectivity index (χ1n) is 13.9. The van der Waals surface area contributed by atoms with Crippen LogP contribution in [0, 0.1) is 5.41 Å². The minimum atomic E-state index is -0.700. The second kappa shape index (κ2) is 14.2. The Balaban J connectivity index is 1.51. The number of carbonyl (C=O) groups is 2. The van der Waals surface area contributed by atoms with E-state index in [2.05, 4.69) is 10.6 Å². The molecule has 4 aromatic carbocycles. The number of nitrogens with two attached hydrogens (primary N) is 1. The van der Waals surface area contributed by atoms with Crippen molar-refractivity contribution in [3.63, 3.8) is 0 Å². The van der Waals surface area contributed by atoms with Gasteiger partial charge in [-0.15, -0.1) is 0 Å². The number of allylic oxidation sites excluding steroid dienone is 1. The van der Waals surface area contributed by atoms with Gasteiger partial charge in [-0.3, -0.25) is 10.1 Å². The summed E-state index contributed by atoms with van der Waals surface area (Å²) in [6, 6.07) is 27.9. The van der Waals surface area contributed by atoms with Crippen molar-refractivity contribution in [2.45, 2.75) is 32.8 Å². The van der Waals surface area contributed by atoms with E-state index in [9.17, 15) is 14.7 Å². The minimum Gasteiger partial charge on any atom is -0.491 e. The Morgan fingerprint density at radius 3 is 2.40 bits per heavy atom. The van der Waals surface area contributed by atoms with Gasteiger partial charge < -0.3 is 25.6 Å². The summed E-state index contributed by atoms with van der Waals surface area (Å²) in [4.78, 5) is 25.8. The molecule has 0 spiro atoms. The average molecular weight is 568 g/mol. The number of hydrogen-bond acceptors (Lipinski definition) is 6. The quantitative estimate of drug-likeness (QED) is 0.107. The molecule has 0 saturated heterocycles. The van der Waals surface area contributed by atoms with Crippen LogP contribution in [0.3, 0.4) is 0 Å². The molecule has 0 heterocycles. The Bertz CT molecular complexity index is 1540. The van der Waals surface area contributed by atoms with E-state index >= 15 is 0 Å². The van der Waals surface area contributed by atoms with Crippen LogP contribution in [0.4, 0.5) is 21.9 Å². The van der Waals surface area contributed by atoms with E-state index in [0.717, 1.165) is 10.8 Å². The standard InChI is InChI=1S/C34H37N3O5/c1-34(2,21-10-9-20-31(39)36-29-17-7-6-16-27(29)35)32(26-15-5-8-19-30(26)41-23-22-38)42-33(40)37-28-18-11-13-24-12-3-4-14-25(24)28/h3-9,11-20,32,38H,10,21-23,35H2,1-2H3,(H,36,39)(H,37,40)/b20-9+/t32-/m0/s1. The highest BCUT2D eigenvalue weighted by Gasteiger charge is 2.36. The highest BCUT2D eigenvalue weighted by atomic mass is 16.6. The number of nitrogen functional groups attached to an aromatic ring is 1. The van der Waals surface area contributed by atoms with E-state index in [1.54, 1.807) is 36.4 Å². The van der Waals surface area contributed by atoms with E-state index in [4.69, 9.17) is 15.2 Å². The molecule has 0 aliphatic carbocycles. The predicted molar refractivity (Wildman–Crippen MR) is 167 cm³/mol. The van der Waals surface area contributed by atoms with Crippen LogP contribution in [0.5, 0.6) is 5.75 Å². The van der Waals surface area contributed by atoms with Crippen LogP contribution in [-0.2, 0) is 9.53 Å². The molecule has 0 aliphatic rings. The summed E-state index contributed by atoms with van der Waals surface area (Å²) >= 11 is 0. The van der Waals surface area contributed by atoms with Gasteiger partial charge in [0.2, 0.25) is 5.91 Å². The van der Waals surface area contributed by atoms with Crippen LogP contribution < -0.4 is 21.1 Å². The normalized spacial score (nSPS) is 12.2. The van der Waals surface area contributed by atoms with Gasteiger partial charge in [0, 0.05) is 16.4 Å². The first kappa shape index (κ1) is 30.1. The maximum absolute atomic E-state index is 13.3. The van der Waals surface area contributed by atoms with E-state index in [1.165, 1.54) is 6.08 Å². The van der Waals surface area contributed by atoms with Crippen LogP contribution in [0.2, 0.25) is 0 Å². The van der Waals surface area contributed by atoms with Crippen molar-refractivity contribution in [2.24, 2.45) is 5.41 Å². The Morgan fingerprint density at radius 1 is 0.905 bits per heavy atom. The molecule has 1 atom stereocenters. The van der Waals surface area contributed by atoms with E-state index in [0.29, 0.717) is 41.2 Å². The molecule has 0 aromatic heterocycles. The van der Waals surface area contributed by atoms with Gasteiger partial charge in [0.15, 0.2) is 0 Å². The number of aliphatic hydroxyl groups excluding tert-OH is 1. The van der Waals surface area contributed by atoms with Crippen LogP contribution in [0.15, 0.2) is 103 Å². The summed E-state index contributed by atoms with van der Waals surface area (Å²) in [5.74, 6) is 0.244. The van der Waals surface area contributed by atoms with Crippen molar-refractivity contribution in [3.05, 3.63) is 109 Å². The SMILES string of the molecule is CC(C)(CC/C=C/C(=O)Nc1ccccc1N)[C@@H](OC(=O)Nc1cccc2ccccc12)c1ccccc1OCCO. The second-order valence-corrected chi connectivity index (χ2v) is 10.6. The molecule has 4 rings (SSSR count). The van der Waals surface area contributed by atoms with Crippen molar-refractivity contribution < 1.29 is 24.2 Å². The number of aliphatic hydroxyl groups is 1. The monoisotopic (exact) mass is 567 g/mol. The van der Waals surface area contributed by atoms with E-state index in [-0.39, 0.29) is 19.1 Å². The zero-order valence-electron chi connectivity index (χ0n) is 23.9. The topological polar surface area (TPSA) is 123 Å². The fourth-order valence-corrected chi connectivity index (χ4v) is 4.77. The number of fused-ring (bicyclic) bond motifs is 1. The molecule has 42 heavy (non-hydrogen) atoms. The molecule has 5 N–H and O–H groups in total. The summed E-state index contributed by atoms with van der Waals surface area (Å²) in [7, 11) is 0. The average Bonchev–Trinajstić information content (AvgIpc) is 2.98. The first-order chi connectivity index (χ1) is 20.3. The Kier molecular flexibility index (Phi) is 10.2. The highest BCUT2D eigenvalue weighted by molar-refractivity contribution is 6.01. The maximum atomic E-state index is 13.3. The number of carbonyl (C=O) groups excluding carboxylic acids is 2. The van der Waals surface area contributed by atoms with Crippen LogP contribution in [0.25, 0.3) is 10.8 Å². The lowest BCUT2D eigenvalue weighted by Gasteiger charge is -2.35. The fraction of sp³-hybridized carbons (Fsp3) is 0.235. The van der Waals surface area contributed by atoms with Gasteiger partial charge in [0.1, 0.15) is 18.5 Å². The lowest BCUT2D eigenvalue weighted by Crippen LogP contribution is -2.29. The highest BCUT2D eigenvalue weighted by Crippen LogP contribution is 2.44. The van der Waals surface area contributed by atoms with Crippen LogP contribution >= 0.6 is 0 Å². The maximum Gasteiger partial charge on any atom is 0.412 e. The van der Waals surface area contributed by atoms with Gasteiger partial charge >= 0.3 is 6.09 Å². The second-order valence-electron chi connectivity index (χ2n) is 10.6. The molecule has 0 fully saturated rings. The summed E-state index contributed by atoms with van der Waals surface area (Å²) in [6.45, 7) is 3.97. The summed E-state index contributed by atoms with van der Waals surface area (Å²) in [6.07, 6.45) is 3.10. The van der Waals surface area contributed by atoms with Crippen molar-refractivity contribution in [1.29, 1.82) is 0 Å². The van der Waals surface area contributed by atoms with Crippen molar-refractivity contribution in [2.75, 3.05) is 29.6 Å². The smallest absolute Gasteiger partial charge is 0.412 e. The molecule has 8 heteroatoms. The molecule has 2 amide bonds. The van der Waals surface area contributed by atoms with Gasteiger partial charge in [-0.25, -0.2) is 4.79 Å². The number of para-hydroxylation sites is 3. The third kappa shape index (κ3) is 7.89. The predicted octanol–water partition coefficient (Wildman–Crippen LogP) is 7.08. The zero-order chi connectivity index (χ0) is 30.0. The van der Waals surface area contributed by atoms with Crippen LogP contribution in [-0.4, -0.2) is 30.3 Å². The van der Waals surface area contributed by atoms with Gasteiger partial charge in [0.25, 0.3) is 0 Å². The lowest BCUT2D eigenvalue weighted by molar-refractivity contribution is -0.111. The molecule has 218 valence electrons. The molecule has 0 bridgehead atoms. The number of anilines is 3. The van der Waals surface area contributed by atoms with Crippen molar-refractivity contribution >= 4 is 39.8 Å². The lowest BCUT2D eigenvalue weighted by atomic mass is 9.78. The molecular formula is C34H37N3O5. The molecule has 0 aliphatic heterocycles. The van der Waals surface area contributed by atoms with Gasteiger partial charge in [0.05, 0.1) is 23.7 Å². The third-order valence-electron chi connectivity index (χ3n) is 6.95. The number of ether oxygens (including phenoxy) is 2. The number of rotatable bonds is 12. The number of nitrogens with one attached hydrogen (secondary N) is 2. The number of amides is 2. The van der Waals surface area contributed by atoms with Crippen molar-refractivity contribution in [1.82, 2.24) is 0 Å². The summed E-state index contributed by atoms with van der Waals surface area (Å²) in [5, 5.41) is 16.9. The Labute approximate surface area is 246 Å².